The molecule has 0 aliphatic carbocycles. The molecule has 1 unspecified atom stereocenters. The Balaban J connectivity index is 1.45. The fourth-order valence-electron chi connectivity index (χ4n) is 4.54. The Morgan fingerprint density at radius 2 is 1.76 bits per heavy atom. The van der Waals surface area contributed by atoms with Crippen LogP contribution in [0.5, 0.6) is 0 Å². The van der Waals surface area contributed by atoms with Crippen LogP contribution in [0.2, 0.25) is 0 Å². The second kappa shape index (κ2) is 11.0. The van der Waals surface area contributed by atoms with Crippen LogP contribution in [0, 0.1) is 5.92 Å². The zero-order valence-electron chi connectivity index (χ0n) is 20.3. The van der Waals surface area contributed by atoms with E-state index in [0.717, 1.165) is 12.0 Å². The van der Waals surface area contributed by atoms with Gasteiger partial charge in [0.1, 0.15) is 5.82 Å². The highest BCUT2D eigenvalue weighted by Gasteiger charge is 2.29. The zero-order valence-corrected chi connectivity index (χ0v) is 20.3. The average Bonchev–Trinajstić information content (AvgIpc) is 2.93. The van der Waals surface area contributed by atoms with Gasteiger partial charge in [-0.2, -0.15) is 4.98 Å². The third-order valence-corrected chi connectivity index (χ3v) is 6.40. The van der Waals surface area contributed by atoms with Crippen LogP contribution in [0.4, 0.5) is 17.7 Å². The van der Waals surface area contributed by atoms with Gasteiger partial charge in [0.25, 0.3) is 5.56 Å². The maximum Gasteiger partial charge on any atom is 0.303 e. The number of nitrogens with zero attached hydrogens (tertiary/aromatic N) is 5. The van der Waals surface area contributed by atoms with Crippen LogP contribution in [0.1, 0.15) is 18.4 Å². The first kappa shape index (κ1) is 24.2. The van der Waals surface area contributed by atoms with Gasteiger partial charge >= 0.3 is 5.97 Å². The highest BCUT2D eigenvalue weighted by Crippen LogP contribution is 2.31. The van der Waals surface area contributed by atoms with Gasteiger partial charge in [0, 0.05) is 43.9 Å². The molecule has 9 nitrogen and oxygen atoms in total. The van der Waals surface area contributed by atoms with Crippen LogP contribution >= 0.6 is 0 Å². The Kier molecular flexibility index (Phi) is 7.21. The molecule has 4 aromatic rings. The Labute approximate surface area is 214 Å². The van der Waals surface area contributed by atoms with Gasteiger partial charge in [0.15, 0.2) is 0 Å². The van der Waals surface area contributed by atoms with Crippen molar-refractivity contribution in [3.63, 3.8) is 0 Å². The lowest BCUT2D eigenvalue weighted by molar-refractivity contribution is -0.137. The van der Waals surface area contributed by atoms with Gasteiger partial charge < -0.3 is 10.4 Å². The van der Waals surface area contributed by atoms with Crippen molar-refractivity contribution >= 4 is 23.7 Å². The molecule has 3 heterocycles. The first-order valence-electron chi connectivity index (χ1n) is 12.3. The van der Waals surface area contributed by atoms with Crippen molar-refractivity contribution in [2.45, 2.75) is 25.8 Å². The van der Waals surface area contributed by atoms with Crippen LogP contribution in [0.15, 0.2) is 83.8 Å². The second-order valence-corrected chi connectivity index (χ2v) is 9.07. The third-order valence-electron chi connectivity index (χ3n) is 6.40. The maximum atomic E-state index is 13.2. The Hall–Kier alpha value is -4.53. The molecule has 5 rings (SSSR count). The second-order valence-electron chi connectivity index (χ2n) is 9.07. The number of anilines is 3. The Morgan fingerprint density at radius 3 is 2.51 bits per heavy atom. The standard InChI is InChI=1S/C28H28N6O3/c35-25-17-23(22-9-5-2-6-10-22)31-28-33(18-21(19-34(25)28)11-12-26(36)37)24-14-16-30-27(32-24)29-15-13-20-7-3-1-4-8-20/h1-10,14,16-17,21H,11-13,15,18-19H2,(H,36,37)(H,29,30,32). The molecule has 0 saturated heterocycles. The van der Waals surface area contributed by atoms with Gasteiger partial charge in [-0.1, -0.05) is 60.7 Å². The van der Waals surface area contributed by atoms with Gasteiger partial charge in [-0.25, -0.2) is 9.97 Å². The predicted octanol–water partition coefficient (Wildman–Crippen LogP) is 3.99. The Bertz CT molecular complexity index is 1430. The zero-order chi connectivity index (χ0) is 25.6. The summed E-state index contributed by atoms with van der Waals surface area (Å²) in [7, 11) is 0. The highest BCUT2D eigenvalue weighted by molar-refractivity contribution is 5.67. The minimum Gasteiger partial charge on any atom is -0.481 e. The van der Waals surface area contributed by atoms with Crippen molar-refractivity contribution in [3.8, 4) is 11.3 Å². The van der Waals surface area contributed by atoms with Crippen LogP contribution in [-0.4, -0.2) is 43.7 Å². The van der Waals surface area contributed by atoms with Crippen LogP contribution in [0.3, 0.4) is 0 Å². The lowest BCUT2D eigenvalue weighted by atomic mass is 10.0. The molecule has 0 spiro atoms. The monoisotopic (exact) mass is 496 g/mol. The van der Waals surface area contributed by atoms with E-state index < -0.39 is 5.97 Å². The number of carbonyl (C=O) groups is 1. The number of benzene rings is 2. The summed E-state index contributed by atoms with van der Waals surface area (Å²) in [5.41, 5.74) is 2.47. The molecule has 2 aromatic heterocycles. The summed E-state index contributed by atoms with van der Waals surface area (Å²) in [5, 5.41) is 12.5. The first-order chi connectivity index (χ1) is 18.1. The van der Waals surface area contributed by atoms with Crippen LogP contribution in [-0.2, 0) is 17.8 Å². The largest absolute Gasteiger partial charge is 0.481 e. The third kappa shape index (κ3) is 5.83. The van der Waals surface area contributed by atoms with Crippen molar-refractivity contribution in [2.24, 2.45) is 5.92 Å². The summed E-state index contributed by atoms with van der Waals surface area (Å²) in [6.07, 6.45) is 2.99. The molecule has 0 radical (unpaired) electrons. The Morgan fingerprint density at radius 1 is 1.00 bits per heavy atom. The molecule has 188 valence electrons. The highest BCUT2D eigenvalue weighted by atomic mass is 16.4. The molecule has 1 atom stereocenters. The average molecular weight is 497 g/mol. The molecule has 9 heteroatoms. The summed E-state index contributed by atoms with van der Waals surface area (Å²) in [6.45, 7) is 1.58. The number of hydrogen-bond acceptors (Lipinski definition) is 7. The van der Waals surface area contributed by atoms with Gasteiger partial charge in [0.2, 0.25) is 11.9 Å². The van der Waals surface area contributed by atoms with Gasteiger partial charge in [0.05, 0.1) is 5.69 Å². The van der Waals surface area contributed by atoms with Crippen molar-refractivity contribution < 1.29 is 9.90 Å². The number of carboxylic acid groups (broad SMARTS) is 1. The molecule has 2 aromatic carbocycles. The van der Waals surface area contributed by atoms with Crippen LogP contribution < -0.4 is 15.8 Å². The number of aliphatic carboxylic acids is 1. The smallest absolute Gasteiger partial charge is 0.303 e. The van der Waals surface area contributed by atoms with Gasteiger partial charge in [-0.15, -0.1) is 0 Å². The molecular weight excluding hydrogens is 468 g/mol. The number of fused-ring (bicyclic) bond motifs is 1. The van der Waals surface area contributed by atoms with Crippen molar-refractivity contribution in [1.29, 1.82) is 0 Å². The SMILES string of the molecule is O=C(O)CCC1CN(c2ccnc(NCCc3ccccc3)n2)c2nc(-c3ccccc3)cc(=O)n2C1. The van der Waals surface area contributed by atoms with Crippen LogP contribution in [0.25, 0.3) is 11.3 Å². The minimum atomic E-state index is -0.853. The van der Waals surface area contributed by atoms with Gasteiger partial charge in [-0.3, -0.25) is 19.1 Å². The number of rotatable bonds is 9. The topological polar surface area (TPSA) is 113 Å². The molecule has 2 N–H and O–H groups in total. The van der Waals surface area contributed by atoms with E-state index in [9.17, 15) is 14.7 Å². The van der Waals surface area contributed by atoms with E-state index in [2.05, 4.69) is 22.4 Å². The van der Waals surface area contributed by atoms with E-state index in [4.69, 9.17) is 9.97 Å². The summed E-state index contributed by atoms with van der Waals surface area (Å²) in [6, 6.07) is 23.1. The summed E-state index contributed by atoms with van der Waals surface area (Å²) in [4.78, 5) is 40.3. The van der Waals surface area contributed by atoms with Crippen molar-refractivity contribution in [2.75, 3.05) is 23.3 Å². The van der Waals surface area contributed by atoms with Crippen molar-refractivity contribution in [1.82, 2.24) is 19.5 Å². The van der Waals surface area contributed by atoms with E-state index in [1.54, 1.807) is 16.8 Å². The summed E-state index contributed by atoms with van der Waals surface area (Å²) >= 11 is 0. The minimum absolute atomic E-state index is 0.0359. The molecule has 0 fully saturated rings. The predicted molar refractivity (Wildman–Crippen MR) is 142 cm³/mol. The fraction of sp³-hybridized carbons (Fsp3) is 0.250. The molecule has 0 amide bonds. The number of aromatic nitrogens is 4. The molecule has 37 heavy (non-hydrogen) atoms. The normalized spacial score (nSPS) is 14.7. The lowest BCUT2D eigenvalue weighted by Crippen LogP contribution is -2.41. The molecule has 0 saturated carbocycles. The first-order valence-corrected chi connectivity index (χ1v) is 12.3. The van der Waals surface area contributed by atoms with E-state index >= 15 is 0 Å². The molecule has 1 aliphatic rings. The lowest BCUT2D eigenvalue weighted by Gasteiger charge is -2.35. The van der Waals surface area contributed by atoms with E-state index in [1.807, 2.05) is 53.4 Å². The van der Waals surface area contributed by atoms with Gasteiger partial charge in [-0.05, 0) is 30.4 Å². The van der Waals surface area contributed by atoms with E-state index in [0.29, 0.717) is 49.5 Å². The summed E-state index contributed by atoms with van der Waals surface area (Å²) in [5.74, 6) is 0.675. The molecular formula is C28H28N6O3. The number of nitrogens with one attached hydrogen (secondary N) is 1. The van der Waals surface area contributed by atoms with E-state index in [1.165, 1.54) is 11.6 Å². The van der Waals surface area contributed by atoms with E-state index in [-0.39, 0.29) is 17.9 Å². The van der Waals surface area contributed by atoms with Crippen molar-refractivity contribution in [3.05, 3.63) is 94.9 Å². The molecule has 0 bridgehead atoms. The quantitative estimate of drug-likeness (QED) is 0.358. The fourth-order valence-corrected chi connectivity index (χ4v) is 4.54. The number of hydrogen-bond donors (Lipinski definition) is 2. The number of carboxylic acids is 1. The maximum absolute atomic E-state index is 13.2. The molecule has 1 aliphatic heterocycles. The summed E-state index contributed by atoms with van der Waals surface area (Å²) < 4.78 is 1.62.